The van der Waals surface area contributed by atoms with Crippen molar-refractivity contribution in [1.29, 1.82) is 0 Å². The van der Waals surface area contributed by atoms with E-state index in [0.717, 1.165) is 39.9 Å². The van der Waals surface area contributed by atoms with Crippen LogP contribution in [-0.4, -0.2) is 16.1 Å². The highest BCUT2D eigenvalue weighted by Crippen LogP contribution is 2.33. The Kier molecular flexibility index (Phi) is 5.08. The second kappa shape index (κ2) is 7.71. The van der Waals surface area contributed by atoms with Crippen LogP contribution in [0, 0.1) is 0 Å². The van der Waals surface area contributed by atoms with Crippen LogP contribution in [0.2, 0.25) is 0 Å². The highest BCUT2D eigenvalue weighted by Gasteiger charge is 2.30. The summed E-state index contributed by atoms with van der Waals surface area (Å²) in [5, 5.41) is 10.2. The fourth-order valence-electron chi connectivity index (χ4n) is 3.70. The van der Waals surface area contributed by atoms with Crippen LogP contribution in [0.1, 0.15) is 22.4 Å². The van der Waals surface area contributed by atoms with Crippen LogP contribution in [0.3, 0.4) is 0 Å². The Labute approximate surface area is 170 Å². The number of carbonyl (C=O) groups is 1. The molecule has 0 bridgehead atoms. The maximum Gasteiger partial charge on any atom is 0.416 e. The molecule has 1 aromatic heterocycles. The highest BCUT2D eigenvalue weighted by molar-refractivity contribution is 5.88. The summed E-state index contributed by atoms with van der Waals surface area (Å²) in [6.07, 6.45) is -4.06. The molecule has 0 saturated carbocycles. The smallest absolute Gasteiger partial charge is 0.416 e. The lowest BCUT2D eigenvalue weighted by Gasteiger charge is -2.10. The molecular formula is C24H18F3NO2. The van der Waals surface area contributed by atoms with Crippen molar-refractivity contribution in [3.05, 3.63) is 95.2 Å². The van der Waals surface area contributed by atoms with Gasteiger partial charge in [0, 0.05) is 23.0 Å². The lowest BCUT2D eigenvalue weighted by Crippen LogP contribution is -2.04. The Morgan fingerprint density at radius 2 is 1.60 bits per heavy atom. The maximum atomic E-state index is 13.0. The molecule has 0 spiro atoms. The number of halogens is 3. The number of aliphatic carboxylic acids is 1. The van der Waals surface area contributed by atoms with E-state index >= 15 is 0 Å². The van der Waals surface area contributed by atoms with Crippen molar-refractivity contribution in [2.24, 2.45) is 0 Å². The molecule has 1 heterocycles. The summed E-state index contributed by atoms with van der Waals surface area (Å²) in [6, 6.07) is 20.0. The summed E-state index contributed by atoms with van der Waals surface area (Å²) in [6.45, 7) is 0. The SMILES string of the molecule is O=C(O)Cc1c(Cc2cccc(-c3cccc(C(F)(F)F)c3)c2)[nH]c2ccccc12. The number of aromatic amines is 1. The molecule has 0 atom stereocenters. The number of para-hydroxylation sites is 1. The second-order valence-electron chi connectivity index (χ2n) is 7.15. The number of nitrogens with one attached hydrogen (secondary N) is 1. The summed E-state index contributed by atoms with van der Waals surface area (Å²) in [7, 11) is 0. The van der Waals surface area contributed by atoms with E-state index in [1.54, 1.807) is 18.2 Å². The number of benzene rings is 3. The number of alkyl halides is 3. The standard InChI is InChI=1S/C24H18F3NO2/c25-24(26,27)18-8-4-7-17(13-18)16-6-3-5-15(11-16)12-22-20(14-23(29)30)19-9-1-2-10-21(19)28-22/h1-11,13,28H,12,14H2,(H,29,30). The Hall–Kier alpha value is -3.54. The van der Waals surface area contributed by atoms with Gasteiger partial charge in [-0.1, -0.05) is 54.6 Å². The van der Waals surface area contributed by atoms with Gasteiger partial charge in [0.1, 0.15) is 0 Å². The predicted molar refractivity (Wildman–Crippen MR) is 109 cm³/mol. The van der Waals surface area contributed by atoms with Gasteiger partial charge in [0.15, 0.2) is 0 Å². The van der Waals surface area contributed by atoms with Crippen molar-refractivity contribution >= 4 is 16.9 Å². The minimum absolute atomic E-state index is 0.104. The Morgan fingerprint density at radius 1 is 0.900 bits per heavy atom. The molecular weight excluding hydrogens is 391 g/mol. The van der Waals surface area contributed by atoms with Crippen molar-refractivity contribution in [1.82, 2.24) is 4.98 Å². The molecule has 4 rings (SSSR count). The van der Waals surface area contributed by atoms with Crippen LogP contribution in [0.25, 0.3) is 22.0 Å². The quantitative estimate of drug-likeness (QED) is 0.420. The number of fused-ring (bicyclic) bond motifs is 1. The fourth-order valence-corrected chi connectivity index (χ4v) is 3.70. The Morgan fingerprint density at radius 3 is 2.33 bits per heavy atom. The molecule has 0 fully saturated rings. The van der Waals surface area contributed by atoms with Gasteiger partial charge in [-0.05, 0) is 40.5 Å². The van der Waals surface area contributed by atoms with Crippen LogP contribution < -0.4 is 0 Å². The summed E-state index contributed by atoms with van der Waals surface area (Å²) in [4.78, 5) is 14.7. The van der Waals surface area contributed by atoms with E-state index in [-0.39, 0.29) is 6.42 Å². The first kappa shape index (κ1) is 19.8. The van der Waals surface area contributed by atoms with Crippen molar-refractivity contribution in [3.63, 3.8) is 0 Å². The molecule has 0 aliphatic carbocycles. The number of aromatic nitrogens is 1. The van der Waals surface area contributed by atoms with Gasteiger partial charge in [-0.2, -0.15) is 13.2 Å². The average molecular weight is 409 g/mol. The first-order valence-electron chi connectivity index (χ1n) is 9.38. The number of hydrogen-bond acceptors (Lipinski definition) is 1. The van der Waals surface area contributed by atoms with Crippen molar-refractivity contribution in [2.45, 2.75) is 19.0 Å². The second-order valence-corrected chi connectivity index (χ2v) is 7.15. The lowest BCUT2D eigenvalue weighted by atomic mass is 9.97. The van der Waals surface area contributed by atoms with E-state index in [0.29, 0.717) is 17.5 Å². The van der Waals surface area contributed by atoms with Gasteiger partial charge in [0.25, 0.3) is 0 Å². The third kappa shape index (κ3) is 4.08. The molecule has 0 saturated heterocycles. The van der Waals surface area contributed by atoms with Crippen LogP contribution in [0.15, 0.2) is 72.8 Å². The van der Waals surface area contributed by atoms with Crippen molar-refractivity contribution < 1.29 is 23.1 Å². The number of rotatable bonds is 5. The average Bonchev–Trinajstić information content (AvgIpc) is 3.04. The van der Waals surface area contributed by atoms with Gasteiger partial charge in [-0.3, -0.25) is 4.79 Å². The molecule has 0 unspecified atom stereocenters. The third-order valence-electron chi connectivity index (χ3n) is 5.06. The van der Waals surface area contributed by atoms with E-state index in [2.05, 4.69) is 4.98 Å². The van der Waals surface area contributed by atoms with Crippen molar-refractivity contribution in [2.75, 3.05) is 0 Å². The normalized spacial score (nSPS) is 11.7. The van der Waals surface area contributed by atoms with E-state index in [4.69, 9.17) is 0 Å². The predicted octanol–water partition coefficient (Wildman–Crippen LogP) is 6.07. The third-order valence-corrected chi connectivity index (χ3v) is 5.06. The first-order valence-corrected chi connectivity index (χ1v) is 9.38. The molecule has 152 valence electrons. The largest absolute Gasteiger partial charge is 0.481 e. The molecule has 0 aliphatic heterocycles. The van der Waals surface area contributed by atoms with Gasteiger partial charge >= 0.3 is 12.1 Å². The van der Waals surface area contributed by atoms with Crippen LogP contribution in [-0.2, 0) is 23.8 Å². The van der Waals surface area contributed by atoms with Crippen LogP contribution in [0.4, 0.5) is 13.2 Å². The topological polar surface area (TPSA) is 53.1 Å². The first-order chi connectivity index (χ1) is 14.3. The monoisotopic (exact) mass is 409 g/mol. The highest BCUT2D eigenvalue weighted by atomic mass is 19.4. The van der Waals surface area contributed by atoms with E-state index in [1.165, 1.54) is 6.07 Å². The van der Waals surface area contributed by atoms with Crippen molar-refractivity contribution in [3.8, 4) is 11.1 Å². The number of hydrogen-bond donors (Lipinski definition) is 2. The number of H-pyrrole nitrogens is 1. The minimum atomic E-state index is -4.40. The lowest BCUT2D eigenvalue weighted by molar-refractivity contribution is -0.138. The molecule has 0 amide bonds. The molecule has 30 heavy (non-hydrogen) atoms. The van der Waals surface area contributed by atoms with Gasteiger partial charge in [0.2, 0.25) is 0 Å². The zero-order valence-electron chi connectivity index (χ0n) is 15.8. The van der Waals surface area contributed by atoms with Crippen LogP contribution >= 0.6 is 0 Å². The summed E-state index contributed by atoms with van der Waals surface area (Å²) in [5.41, 5.74) is 3.72. The van der Waals surface area contributed by atoms with E-state index < -0.39 is 17.7 Å². The van der Waals surface area contributed by atoms with E-state index in [9.17, 15) is 23.1 Å². The molecule has 0 radical (unpaired) electrons. The molecule has 3 nitrogen and oxygen atoms in total. The summed E-state index contributed by atoms with van der Waals surface area (Å²) >= 11 is 0. The van der Waals surface area contributed by atoms with E-state index in [1.807, 2.05) is 36.4 Å². The zero-order chi connectivity index (χ0) is 21.3. The Balaban J connectivity index is 1.70. The minimum Gasteiger partial charge on any atom is -0.481 e. The molecule has 2 N–H and O–H groups in total. The fraction of sp³-hybridized carbons (Fsp3) is 0.125. The molecule has 4 aromatic rings. The maximum absolute atomic E-state index is 13.0. The zero-order valence-corrected chi connectivity index (χ0v) is 15.8. The molecule has 3 aromatic carbocycles. The molecule has 6 heteroatoms. The number of carboxylic acid groups (broad SMARTS) is 1. The summed E-state index contributed by atoms with van der Waals surface area (Å²) in [5.74, 6) is -0.918. The van der Waals surface area contributed by atoms with Crippen LogP contribution in [0.5, 0.6) is 0 Å². The Bertz CT molecular complexity index is 1220. The molecule has 0 aliphatic rings. The summed E-state index contributed by atoms with van der Waals surface area (Å²) < 4.78 is 39.1. The van der Waals surface area contributed by atoms with Gasteiger partial charge < -0.3 is 10.1 Å². The van der Waals surface area contributed by atoms with Gasteiger partial charge in [0.05, 0.1) is 12.0 Å². The number of carboxylic acids is 1. The van der Waals surface area contributed by atoms with Gasteiger partial charge in [-0.15, -0.1) is 0 Å². The van der Waals surface area contributed by atoms with Gasteiger partial charge in [-0.25, -0.2) is 0 Å².